The van der Waals surface area contributed by atoms with Crippen LogP contribution in [-0.2, 0) is 22.6 Å². The van der Waals surface area contributed by atoms with Crippen LogP contribution in [0.3, 0.4) is 0 Å². The normalized spacial score (nSPS) is 11.8. The van der Waals surface area contributed by atoms with Gasteiger partial charge >= 0.3 is 6.09 Å². The SMILES string of the molecule is CCn1nc(-c2ccncc2)cc1NC(=O)[C@H](Cc1cn(C=O)c2ccccc12)NC(=O)O. The van der Waals surface area contributed by atoms with E-state index in [4.69, 9.17) is 0 Å². The van der Waals surface area contributed by atoms with Gasteiger partial charge < -0.3 is 15.7 Å². The molecule has 1 aromatic carbocycles. The molecule has 10 heteroatoms. The van der Waals surface area contributed by atoms with E-state index in [-0.39, 0.29) is 6.42 Å². The number of carbonyl (C=O) groups is 3. The molecule has 0 unspecified atom stereocenters. The standard InChI is InChI=1S/C23H22N6O4/c1-2-29-21(12-18(27-29)15-7-9-24-10-8-15)26-22(31)19(25-23(32)33)11-16-13-28(14-30)20-6-4-3-5-17(16)20/h3-10,12-14,19,25H,2,11H2,1H3,(H,26,31)(H,32,33)/t19-/m0/s1. The first-order valence-corrected chi connectivity index (χ1v) is 10.3. The zero-order valence-electron chi connectivity index (χ0n) is 17.8. The summed E-state index contributed by atoms with van der Waals surface area (Å²) in [4.78, 5) is 40.0. The van der Waals surface area contributed by atoms with Crippen molar-refractivity contribution in [2.75, 3.05) is 5.32 Å². The monoisotopic (exact) mass is 446 g/mol. The van der Waals surface area contributed by atoms with Crippen LogP contribution >= 0.6 is 0 Å². The highest BCUT2D eigenvalue weighted by atomic mass is 16.4. The second kappa shape index (κ2) is 9.35. The second-order valence-electron chi connectivity index (χ2n) is 7.35. The number of aromatic nitrogens is 4. The number of aryl methyl sites for hydroxylation is 1. The van der Waals surface area contributed by atoms with Gasteiger partial charge in [0.05, 0.1) is 11.2 Å². The lowest BCUT2D eigenvalue weighted by Gasteiger charge is -2.17. The Hall–Kier alpha value is -4.47. The van der Waals surface area contributed by atoms with Crippen LogP contribution in [0.1, 0.15) is 12.5 Å². The van der Waals surface area contributed by atoms with E-state index in [1.54, 1.807) is 41.5 Å². The number of fused-ring (bicyclic) bond motifs is 1. The molecule has 0 fully saturated rings. The van der Waals surface area contributed by atoms with Crippen molar-refractivity contribution in [3.05, 3.63) is 66.6 Å². The Morgan fingerprint density at radius 1 is 1.18 bits per heavy atom. The van der Waals surface area contributed by atoms with Gasteiger partial charge in [0.15, 0.2) is 0 Å². The number of nitrogens with zero attached hydrogens (tertiary/aromatic N) is 4. The Kier molecular flexibility index (Phi) is 6.16. The number of carbonyl (C=O) groups excluding carboxylic acids is 2. The number of hydrogen-bond donors (Lipinski definition) is 3. The number of para-hydroxylation sites is 1. The van der Waals surface area contributed by atoms with Crippen LogP contribution in [0.15, 0.2) is 61.1 Å². The molecule has 0 saturated carbocycles. The van der Waals surface area contributed by atoms with E-state index < -0.39 is 18.0 Å². The summed E-state index contributed by atoms with van der Waals surface area (Å²) in [6.07, 6.45) is 4.33. The topological polar surface area (TPSA) is 131 Å². The summed E-state index contributed by atoms with van der Waals surface area (Å²) in [6.45, 7) is 2.39. The van der Waals surface area contributed by atoms with E-state index >= 15 is 0 Å². The number of amides is 2. The number of carboxylic acid groups (broad SMARTS) is 1. The molecule has 0 bridgehead atoms. The molecule has 10 nitrogen and oxygen atoms in total. The predicted octanol–water partition coefficient (Wildman–Crippen LogP) is 2.78. The van der Waals surface area contributed by atoms with Gasteiger partial charge in [-0.05, 0) is 30.7 Å². The van der Waals surface area contributed by atoms with Gasteiger partial charge in [-0.2, -0.15) is 5.10 Å². The lowest BCUT2D eigenvalue weighted by atomic mass is 10.0. The van der Waals surface area contributed by atoms with E-state index in [1.165, 1.54) is 4.57 Å². The van der Waals surface area contributed by atoms with Crippen LogP contribution in [0.2, 0.25) is 0 Å². The van der Waals surface area contributed by atoms with Gasteiger partial charge in [-0.3, -0.25) is 19.1 Å². The molecule has 0 aliphatic heterocycles. The Labute approximate surface area is 188 Å². The van der Waals surface area contributed by atoms with Crippen LogP contribution in [-0.4, -0.2) is 48.9 Å². The molecule has 0 aliphatic rings. The first-order valence-electron chi connectivity index (χ1n) is 10.3. The number of nitrogens with one attached hydrogen (secondary N) is 2. The first-order chi connectivity index (χ1) is 16.0. The molecule has 0 radical (unpaired) electrons. The highest BCUT2D eigenvalue weighted by Gasteiger charge is 2.24. The van der Waals surface area contributed by atoms with Crippen molar-refractivity contribution in [2.24, 2.45) is 0 Å². The van der Waals surface area contributed by atoms with E-state index in [1.807, 2.05) is 31.2 Å². The van der Waals surface area contributed by atoms with Crippen LogP contribution in [0.25, 0.3) is 22.2 Å². The number of benzene rings is 1. The summed E-state index contributed by atoms with van der Waals surface area (Å²) in [6, 6.07) is 11.5. The van der Waals surface area contributed by atoms with Crippen molar-refractivity contribution in [2.45, 2.75) is 25.9 Å². The van der Waals surface area contributed by atoms with Gasteiger partial charge in [-0.15, -0.1) is 0 Å². The molecule has 4 rings (SSSR count). The van der Waals surface area contributed by atoms with Crippen LogP contribution in [0.5, 0.6) is 0 Å². The molecule has 3 N–H and O–H groups in total. The largest absolute Gasteiger partial charge is 0.465 e. The smallest absolute Gasteiger partial charge is 0.405 e. The molecule has 168 valence electrons. The van der Waals surface area contributed by atoms with E-state index in [2.05, 4.69) is 20.7 Å². The molecule has 0 saturated heterocycles. The average Bonchev–Trinajstić information content (AvgIpc) is 3.40. The van der Waals surface area contributed by atoms with Gasteiger partial charge in [0, 0.05) is 48.6 Å². The fourth-order valence-corrected chi connectivity index (χ4v) is 3.74. The summed E-state index contributed by atoms with van der Waals surface area (Å²) >= 11 is 0. The zero-order valence-corrected chi connectivity index (χ0v) is 17.8. The van der Waals surface area contributed by atoms with E-state index in [0.717, 1.165) is 10.9 Å². The van der Waals surface area contributed by atoms with Crippen LogP contribution in [0, 0.1) is 0 Å². The molecule has 3 heterocycles. The molecular formula is C23H22N6O4. The minimum atomic E-state index is -1.32. The number of pyridine rings is 1. The lowest BCUT2D eigenvalue weighted by Crippen LogP contribution is -2.44. The summed E-state index contributed by atoms with van der Waals surface area (Å²) in [5.41, 5.74) is 2.86. The zero-order chi connectivity index (χ0) is 23.4. The van der Waals surface area contributed by atoms with Crippen molar-refractivity contribution in [3.63, 3.8) is 0 Å². The Balaban J connectivity index is 1.61. The fourth-order valence-electron chi connectivity index (χ4n) is 3.74. The molecule has 2 amide bonds. The second-order valence-corrected chi connectivity index (χ2v) is 7.35. The summed E-state index contributed by atoms with van der Waals surface area (Å²) < 4.78 is 3.04. The Morgan fingerprint density at radius 3 is 2.64 bits per heavy atom. The third-order valence-electron chi connectivity index (χ3n) is 5.28. The first kappa shape index (κ1) is 21.8. The van der Waals surface area contributed by atoms with Gasteiger partial charge in [-0.25, -0.2) is 9.48 Å². The van der Waals surface area contributed by atoms with Crippen molar-refractivity contribution >= 4 is 35.1 Å². The van der Waals surface area contributed by atoms with E-state index in [0.29, 0.717) is 35.5 Å². The molecule has 4 aromatic rings. The molecule has 3 aromatic heterocycles. The van der Waals surface area contributed by atoms with E-state index in [9.17, 15) is 19.5 Å². The Morgan fingerprint density at radius 2 is 1.94 bits per heavy atom. The van der Waals surface area contributed by atoms with Crippen LogP contribution < -0.4 is 10.6 Å². The molecule has 1 atom stereocenters. The fraction of sp³-hybridized carbons (Fsp3) is 0.174. The average molecular weight is 446 g/mol. The quantitative estimate of drug-likeness (QED) is 0.357. The van der Waals surface area contributed by atoms with Gasteiger partial charge in [0.25, 0.3) is 0 Å². The van der Waals surface area contributed by atoms with Gasteiger partial charge in [0.1, 0.15) is 11.9 Å². The molecule has 0 aliphatic carbocycles. The third kappa shape index (κ3) is 4.59. The maximum atomic E-state index is 13.1. The van der Waals surface area contributed by atoms with Crippen molar-refractivity contribution in [1.29, 1.82) is 0 Å². The number of hydrogen-bond acceptors (Lipinski definition) is 5. The number of rotatable bonds is 8. The Bertz CT molecular complexity index is 1310. The highest BCUT2D eigenvalue weighted by Crippen LogP contribution is 2.24. The minimum absolute atomic E-state index is 0.0664. The highest BCUT2D eigenvalue weighted by molar-refractivity contribution is 5.97. The molecule has 0 spiro atoms. The van der Waals surface area contributed by atoms with Gasteiger partial charge in [-0.1, -0.05) is 18.2 Å². The number of anilines is 1. The summed E-state index contributed by atoms with van der Waals surface area (Å²) in [5, 5.41) is 19.7. The lowest BCUT2D eigenvalue weighted by molar-refractivity contribution is -0.118. The van der Waals surface area contributed by atoms with Crippen molar-refractivity contribution in [1.82, 2.24) is 24.6 Å². The van der Waals surface area contributed by atoms with Crippen molar-refractivity contribution < 1.29 is 19.5 Å². The third-order valence-corrected chi connectivity index (χ3v) is 5.28. The van der Waals surface area contributed by atoms with Gasteiger partial charge in [0.2, 0.25) is 12.3 Å². The van der Waals surface area contributed by atoms with Crippen molar-refractivity contribution in [3.8, 4) is 11.3 Å². The molecule has 33 heavy (non-hydrogen) atoms. The predicted molar refractivity (Wildman–Crippen MR) is 123 cm³/mol. The summed E-state index contributed by atoms with van der Waals surface area (Å²) in [7, 11) is 0. The maximum absolute atomic E-state index is 13.1. The van der Waals surface area contributed by atoms with Crippen LogP contribution in [0.4, 0.5) is 10.6 Å². The minimum Gasteiger partial charge on any atom is -0.465 e. The molecular weight excluding hydrogens is 424 g/mol. The summed E-state index contributed by atoms with van der Waals surface area (Å²) in [5.74, 6) is -0.0852. The maximum Gasteiger partial charge on any atom is 0.405 e.